The van der Waals surface area contributed by atoms with Crippen LogP contribution in [0.15, 0.2) is 6.20 Å². The minimum absolute atomic E-state index is 0.344. The van der Waals surface area contributed by atoms with Gasteiger partial charge in [-0.05, 0) is 32.4 Å². The molecule has 2 heterocycles. The van der Waals surface area contributed by atoms with Gasteiger partial charge in [0.25, 0.3) is 0 Å². The molecule has 1 unspecified atom stereocenters. The van der Waals surface area contributed by atoms with E-state index < -0.39 is 5.60 Å². The smallest absolute Gasteiger partial charge is 0.241 e. The molecule has 1 aromatic rings. The van der Waals surface area contributed by atoms with Crippen molar-refractivity contribution in [1.29, 1.82) is 0 Å². The van der Waals surface area contributed by atoms with Gasteiger partial charge in [-0.15, -0.1) is 0 Å². The van der Waals surface area contributed by atoms with Gasteiger partial charge in [-0.1, -0.05) is 6.92 Å². The lowest BCUT2D eigenvalue weighted by Crippen LogP contribution is -2.30. The Bertz CT molecular complexity index is 455. The molecule has 0 saturated carbocycles. The van der Waals surface area contributed by atoms with Gasteiger partial charge in [-0.25, -0.2) is 4.98 Å². The molecule has 1 aliphatic heterocycles. The van der Waals surface area contributed by atoms with E-state index >= 15 is 0 Å². The van der Waals surface area contributed by atoms with Crippen molar-refractivity contribution < 1.29 is 14.6 Å². The van der Waals surface area contributed by atoms with Crippen LogP contribution >= 0.6 is 0 Å². The number of aliphatic hydroxyl groups is 1. The largest absolute Gasteiger partial charge is 0.480 e. The van der Waals surface area contributed by atoms with Crippen molar-refractivity contribution in [3.63, 3.8) is 0 Å². The van der Waals surface area contributed by atoms with Crippen LogP contribution in [0.25, 0.3) is 0 Å². The minimum Gasteiger partial charge on any atom is -0.480 e. The zero-order valence-electron chi connectivity index (χ0n) is 12.4. The van der Waals surface area contributed by atoms with Gasteiger partial charge in [-0.3, -0.25) is 0 Å². The summed E-state index contributed by atoms with van der Waals surface area (Å²) in [5.41, 5.74) is -0.465. The highest BCUT2D eigenvalue weighted by atomic mass is 16.5. The van der Waals surface area contributed by atoms with Crippen molar-refractivity contribution in [2.45, 2.75) is 31.8 Å². The van der Waals surface area contributed by atoms with E-state index in [1.54, 1.807) is 0 Å². The van der Waals surface area contributed by atoms with Gasteiger partial charge in [0.15, 0.2) is 0 Å². The first kappa shape index (κ1) is 15.0. The molecule has 0 spiro atoms. The third kappa shape index (κ3) is 3.02. The lowest BCUT2D eigenvalue weighted by atomic mass is 9.91. The fourth-order valence-electron chi connectivity index (χ4n) is 2.64. The number of rotatable bonds is 4. The summed E-state index contributed by atoms with van der Waals surface area (Å²) in [5, 5.41) is 11.0. The fraction of sp³-hybridized carbons (Fsp3) is 0.714. The SMILES string of the molecule is CCN1CCCC(O)(c2ncc(OC)nc2OC)CC1. The zero-order valence-corrected chi connectivity index (χ0v) is 12.4. The molecule has 1 atom stereocenters. The van der Waals surface area contributed by atoms with Crippen molar-refractivity contribution in [2.24, 2.45) is 0 Å². The van der Waals surface area contributed by atoms with E-state index in [-0.39, 0.29) is 0 Å². The molecule has 0 radical (unpaired) electrons. The second-order valence-electron chi connectivity index (χ2n) is 5.09. The standard InChI is InChI=1S/C14H23N3O3/c1-4-17-8-5-6-14(18,7-9-17)12-13(20-3)16-11(19-2)10-15-12/h10,18H,4-9H2,1-3H3. The van der Waals surface area contributed by atoms with Gasteiger partial charge in [-0.2, -0.15) is 4.98 Å². The second kappa shape index (κ2) is 6.37. The number of nitrogens with zero attached hydrogens (tertiary/aromatic N) is 3. The van der Waals surface area contributed by atoms with Crippen molar-refractivity contribution >= 4 is 0 Å². The summed E-state index contributed by atoms with van der Waals surface area (Å²) in [6, 6.07) is 0. The number of aromatic nitrogens is 2. The molecule has 0 aromatic carbocycles. The topological polar surface area (TPSA) is 67.7 Å². The van der Waals surface area contributed by atoms with Crippen molar-refractivity contribution in [2.75, 3.05) is 33.9 Å². The van der Waals surface area contributed by atoms with Crippen molar-refractivity contribution in [3.05, 3.63) is 11.9 Å². The molecule has 6 heteroatoms. The maximum Gasteiger partial charge on any atom is 0.241 e. The third-order valence-corrected chi connectivity index (χ3v) is 3.92. The van der Waals surface area contributed by atoms with Crippen LogP contribution < -0.4 is 9.47 Å². The third-order valence-electron chi connectivity index (χ3n) is 3.92. The predicted octanol–water partition coefficient (Wildman–Crippen LogP) is 1.19. The summed E-state index contributed by atoms with van der Waals surface area (Å²) in [5.74, 6) is 0.731. The van der Waals surface area contributed by atoms with E-state index in [9.17, 15) is 5.11 Å². The summed E-state index contributed by atoms with van der Waals surface area (Å²) in [6.07, 6.45) is 3.76. The Balaban J connectivity index is 2.28. The second-order valence-corrected chi connectivity index (χ2v) is 5.09. The molecular formula is C14H23N3O3. The van der Waals surface area contributed by atoms with Crippen molar-refractivity contribution in [3.8, 4) is 11.8 Å². The van der Waals surface area contributed by atoms with E-state index in [0.717, 1.165) is 26.1 Å². The van der Waals surface area contributed by atoms with E-state index in [1.165, 1.54) is 20.4 Å². The normalized spacial score (nSPS) is 24.2. The van der Waals surface area contributed by atoms with Crippen LogP contribution in [0.2, 0.25) is 0 Å². The van der Waals surface area contributed by atoms with Gasteiger partial charge in [0.2, 0.25) is 11.8 Å². The maximum absolute atomic E-state index is 11.0. The van der Waals surface area contributed by atoms with Crippen LogP contribution in [0, 0.1) is 0 Å². The van der Waals surface area contributed by atoms with Crippen LogP contribution in [0.3, 0.4) is 0 Å². The van der Waals surface area contributed by atoms with Gasteiger partial charge < -0.3 is 19.5 Å². The number of methoxy groups -OCH3 is 2. The molecule has 1 aliphatic rings. The predicted molar refractivity (Wildman–Crippen MR) is 75.0 cm³/mol. The van der Waals surface area contributed by atoms with E-state index in [1.807, 2.05) is 0 Å². The Morgan fingerprint density at radius 1 is 1.30 bits per heavy atom. The lowest BCUT2D eigenvalue weighted by molar-refractivity contribution is 0.0139. The van der Waals surface area contributed by atoms with Crippen LogP contribution in [0.5, 0.6) is 11.8 Å². The fourth-order valence-corrected chi connectivity index (χ4v) is 2.64. The number of ether oxygens (including phenoxy) is 2. The van der Waals surface area contributed by atoms with Crippen LogP contribution in [-0.4, -0.2) is 53.8 Å². The molecule has 1 aromatic heterocycles. The molecule has 1 fully saturated rings. The van der Waals surface area contributed by atoms with Crippen molar-refractivity contribution in [1.82, 2.24) is 14.9 Å². The summed E-state index contributed by atoms with van der Waals surface area (Å²) < 4.78 is 10.3. The van der Waals surface area contributed by atoms with E-state index in [4.69, 9.17) is 9.47 Å². The molecular weight excluding hydrogens is 258 g/mol. The molecule has 112 valence electrons. The number of hydrogen-bond acceptors (Lipinski definition) is 6. The van der Waals surface area contributed by atoms with Gasteiger partial charge in [0.05, 0.1) is 20.4 Å². The molecule has 0 aliphatic carbocycles. The Morgan fingerprint density at radius 2 is 2.10 bits per heavy atom. The first-order valence-electron chi connectivity index (χ1n) is 7.03. The first-order chi connectivity index (χ1) is 9.62. The van der Waals surface area contributed by atoms with Crippen LogP contribution in [0.1, 0.15) is 31.9 Å². The molecule has 6 nitrogen and oxygen atoms in total. The molecule has 1 N–H and O–H groups in total. The van der Waals surface area contributed by atoms with Crippen LogP contribution in [-0.2, 0) is 5.60 Å². The Morgan fingerprint density at radius 3 is 2.75 bits per heavy atom. The van der Waals surface area contributed by atoms with E-state index in [2.05, 4.69) is 21.8 Å². The zero-order chi connectivity index (χ0) is 14.6. The Hall–Kier alpha value is -1.40. The molecule has 0 bridgehead atoms. The first-order valence-corrected chi connectivity index (χ1v) is 7.03. The number of hydrogen-bond donors (Lipinski definition) is 1. The van der Waals surface area contributed by atoms with Gasteiger partial charge in [0, 0.05) is 6.54 Å². The van der Waals surface area contributed by atoms with Crippen LogP contribution in [0.4, 0.5) is 0 Å². The lowest BCUT2D eigenvalue weighted by Gasteiger charge is -2.27. The Labute approximate surface area is 119 Å². The average molecular weight is 281 g/mol. The highest BCUT2D eigenvalue weighted by Crippen LogP contribution is 2.36. The monoisotopic (exact) mass is 281 g/mol. The summed E-state index contributed by atoms with van der Waals surface area (Å²) >= 11 is 0. The summed E-state index contributed by atoms with van der Waals surface area (Å²) in [7, 11) is 3.06. The summed E-state index contributed by atoms with van der Waals surface area (Å²) in [6.45, 7) is 4.99. The van der Waals surface area contributed by atoms with E-state index in [0.29, 0.717) is 30.3 Å². The maximum atomic E-state index is 11.0. The molecule has 2 rings (SSSR count). The highest BCUT2D eigenvalue weighted by molar-refractivity contribution is 5.28. The minimum atomic E-state index is -0.978. The van der Waals surface area contributed by atoms with Gasteiger partial charge >= 0.3 is 0 Å². The summed E-state index contributed by atoms with van der Waals surface area (Å²) in [4.78, 5) is 10.9. The average Bonchev–Trinajstić information content (AvgIpc) is 2.69. The quantitative estimate of drug-likeness (QED) is 0.894. The Kier molecular flexibility index (Phi) is 4.77. The van der Waals surface area contributed by atoms with Gasteiger partial charge in [0.1, 0.15) is 11.3 Å². The molecule has 20 heavy (non-hydrogen) atoms. The highest BCUT2D eigenvalue weighted by Gasteiger charge is 2.36. The molecule has 1 saturated heterocycles. The number of likely N-dealkylation sites (tertiary alicyclic amines) is 1. The molecule has 0 amide bonds.